The third-order valence-electron chi connectivity index (χ3n) is 8.39. The number of hydrogen-bond acceptors (Lipinski definition) is 0. The van der Waals surface area contributed by atoms with E-state index in [1.807, 2.05) is 19.1 Å². The van der Waals surface area contributed by atoms with Gasteiger partial charge in [-0.3, -0.25) is 0 Å². The third kappa shape index (κ3) is 11.1. The van der Waals surface area contributed by atoms with E-state index >= 15 is 0 Å². The van der Waals surface area contributed by atoms with Gasteiger partial charge in [0.05, 0.1) is 0 Å². The summed E-state index contributed by atoms with van der Waals surface area (Å²) in [5.41, 5.74) is 3.30. The van der Waals surface area contributed by atoms with Gasteiger partial charge in [0.1, 0.15) is 0 Å². The molecule has 4 aromatic rings. The predicted octanol–water partition coefficient (Wildman–Crippen LogP) is 12.3. The van der Waals surface area contributed by atoms with E-state index in [2.05, 4.69) is 135 Å². The van der Waals surface area contributed by atoms with Crippen LogP contribution in [0.4, 0.5) is 0 Å². The average molecular weight is 765 g/mol. The van der Waals surface area contributed by atoms with Crippen LogP contribution in [0, 0.1) is 0 Å². The topological polar surface area (TPSA) is 0 Å². The second-order valence-electron chi connectivity index (χ2n) is 11.3. The van der Waals surface area contributed by atoms with Crippen molar-refractivity contribution in [1.82, 2.24) is 0 Å². The molecular weight excluding hydrogens is 709 g/mol. The van der Waals surface area contributed by atoms with E-state index in [0.29, 0.717) is 0 Å². The van der Waals surface area contributed by atoms with E-state index in [1.165, 1.54) is 47.2 Å². The molecular formula is C39H56HfP2-2. The van der Waals surface area contributed by atoms with Crippen LogP contribution < -0.4 is 10.6 Å². The third-order valence-corrected chi connectivity index (χ3v) is 15.4. The minimum Gasteiger partial charge on any atom is -0.161 e. The van der Waals surface area contributed by atoms with Crippen LogP contribution in [-0.4, -0.2) is 22.6 Å². The molecule has 0 N–H and O–H groups in total. The first-order valence-electron chi connectivity index (χ1n) is 15.9. The number of hydrogen-bond donors (Lipinski definition) is 0. The number of fused-ring (bicyclic) bond motifs is 2. The van der Waals surface area contributed by atoms with Gasteiger partial charge in [0.25, 0.3) is 0 Å². The van der Waals surface area contributed by atoms with E-state index in [-0.39, 0.29) is 41.7 Å². The molecule has 0 spiro atoms. The van der Waals surface area contributed by atoms with E-state index in [4.69, 9.17) is 0 Å². The summed E-state index contributed by atoms with van der Waals surface area (Å²) in [6.45, 7) is 24.4. The molecule has 0 heterocycles. The molecule has 42 heavy (non-hydrogen) atoms. The molecule has 0 radical (unpaired) electrons. The average Bonchev–Trinajstić information content (AvgIpc) is 3.62. The molecule has 0 bridgehead atoms. The van der Waals surface area contributed by atoms with Crippen molar-refractivity contribution >= 4 is 48.0 Å². The van der Waals surface area contributed by atoms with Gasteiger partial charge in [-0.1, -0.05) is 108 Å². The van der Waals surface area contributed by atoms with E-state index in [0.717, 1.165) is 22.6 Å². The molecule has 4 rings (SSSR count). The van der Waals surface area contributed by atoms with E-state index < -0.39 is 0 Å². The quantitative estimate of drug-likeness (QED) is 0.0617. The van der Waals surface area contributed by atoms with Crippen molar-refractivity contribution in [3.05, 3.63) is 97.6 Å². The second kappa shape index (κ2) is 20.8. The summed E-state index contributed by atoms with van der Waals surface area (Å²) in [6, 6.07) is 27.2. The molecule has 0 aliphatic rings. The number of allylic oxidation sites excluding steroid dienone is 3. The molecule has 228 valence electrons. The van der Waals surface area contributed by atoms with Gasteiger partial charge in [-0.25, -0.2) is 0 Å². The van der Waals surface area contributed by atoms with Crippen molar-refractivity contribution in [1.29, 1.82) is 0 Å². The smallest absolute Gasteiger partial charge is 0 e. The molecule has 0 saturated heterocycles. The minimum atomic E-state index is -0.0252. The van der Waals surface area contributed by atoms with Crippen LogP contribution in [0.1, 0.15) is 88.0 Å². The molecule has 0 aromatic heterocycles. The molecule has 3 heteroatoms. The Bertz CT molecular complexity index is 1130. The normalized spacial score (nSPS) is 15.4. The van der Waals surface area contributed by atoms with Crippen LogP contribution in [-0.2, 0) is 25.8 Å². The summed E-state index contributed by atoms with van der Waals surface area (Å²) in [5.74, 6) is 0. The Balaban J connectivity index is 0.000000355. The first kappa shape index (κ1) is 38.9. The number of benzene rings is 2. The van der Waals surface area contributed by atoms with Crippen molar-refractivity contribution in [3.8, 4) is 0 Å². The molecule has 4 aromatic carbocycles. The van der Waals surface area contributed by atoms with Gasteiger partial charge >= 0.3 is 0 Å². The Labute approximate surface area is 280 Å². The van der Waals surface area contributed by atoms with Gasteiger partial charge in [-0.15, -0.1) is 80.7 Å². The maximum atomic E-state index is 3.46. The fourth-order valence-electron chi connectivity index (χ4n) is 5.38. The number of rotatable bonds is 11. The van der Waals surface area contributed by atoms with Crippen molar-refractivity contribution in [2.24, 2.45) is 0 Å². The van der Waals surface area contributed by atoms with Crippen molar-refractivity contribution in [2.45, 2.75) is 111 Å². The van der Waals surface area contributed by atoms with Crippen molar-refractivity contribution < 1.29 is 25.8 Å². The summed E-state index contributed by atoms with van der Waals surface area (Å²) in [4.78, 5) is 0. The van der Waals surface area contributed by atoms with Crippen LogP contribution in [0.5, 0.6) is 0 Å². The fourth-order valence-corrected chi connectivity index (χ4v) is 11.9. The van der Waals surface area contributed by atoms with Crippen LogP contribution >= 0.6 is 15.8 Å². The zero-order valence-electron chi connectivity index (χ0n) is 27.9. The Kier molecular flexibility index (Phi) is 19.2. The Hall–Kier alpha value is -1.13. The largest absolute Gasteiger partial charge is 0.161 e. The minimum absolute atomic E-state index is 0. The van der Waals surface area contributed by atoms with E-state index in [1.54, 1.807) is 16.7 Å². The van der Waals surface area contributed by atoms with E-state index in [9.17, 15) is 0 Å². The fraction of sp³-hybridized carbons (Fsp3) is 0.436. The Morgan fingerprint density at radius 3 is 1.21 bits per heavy atom. The van der Waals surface area contributed by atoms with Crippen molar-refractivity contribution in [2.75, 3.05) is 0 Å². The monoisotopic (exact) mass is 766 g/mol. The van der Waals surface area contributed by atoms with Crippen LogP contribution in [0.3, 0.4) is 0 Å². The summed E-state index contributed by atoms with van der Waals surface area (Å²) in [6.07, 6.45) is 10.7. The zero-order valence-corrected chi connectivity index (χ0v) is 33.3. The van der Waals surface area contributed by atoms with Gasteiger partial charge in [-0.2, -0.15) is 12.1 Å². The Morgan fingerprint density at radius 1 is 0.643 bits per heavy atom. The summed E-state index contributed by atoms with van der Waals surface area (Å²) in [5, 5.41) is 8.85. The first-order valence-corrected chi connectivity index (χ1v) is 18.8. The summed E-state index contributed by atoms with van der Waals surface area (Å²) < 4.78 is 0. The molecule has 0 fully saturated rings. The molecule has 0 aliphatic carbocycles. The SMILES string of the molecule is C=CC=CC.CCC(C)P(c1cc2ccccc2[cH-]1)C(C)CC.CCC(C)P(c1cc2ccccc2[cH-]1)C(C)CC.[Hf]. The molecule has 4 unspecified atom stereocenters. The van der Waals surface area contributed by atoms with Gasteiger partial charge < -0.3 is 0 Å². The van der Waals surface area contributed by atoms with Crippen LogP contribution in [0.15, 0.2) is 97.6 Å². The maximum Gasteiger partial charge on any atom is 0 e. The Morgan fingerprint density at radius 2 is 0.976 bits per heavy atom. The van der Waals surface area contributed by atoms with Gasteiger partial charge in [0, 0.05) is 25.8 Å². The molecule has 0 aliphatic heterocycles. The van der Waals surface area contributed by atoms with Gasteiger partial charge in [-0.05, 0) is 55.2 Å². The molecule has 0 saturated carbocycles. The predicted molar refractivity (Wildman–Crippen MR) is 196 cm³/mol. The standard InChI is InChI=1S/2C17H24P.C5H8.Hf/c2*1-5-13(3)18(14(4)6-2)17-11-15-9-7-8-10-16(15)12-17;1-3-5-4-2;/h2*7-14H,5-6H2,1-4H3;3-5H,1H2,2H3;/q2*-1;;. The van der Waals surface area contributed by atoms with Gasteiger partial charge in [0.15, 0.2) is 0 Å². The molecule has 0 nitrogen and oxygen atoms in total. The molecule has 0 amide bonds. The van der Waals surface area contributed by atoms with Crippen molar-refractivity contribution in [3.63, 3.8) is 0 Å². The summed E-state index contributed by atoms with van der Waals surface area (Å²) in [7, 11) is -0.0504. The maximum absolute atomic E-state index is 3.46. The second-order valence-corrected chi connectivity index (χ2v) is 17.5. The zero-order chi connectivity index (χ0) is 30.4. The van der Waals surface area contributed by atoms with Crippen LogP contribution in [0.2, 0.25) is 0 Å². The van der Waals surface area contributed by atoms with Crippen LogP contribution in [0.25, 0.3) is 21.5 Å². The summed E-state index contributed by atoms with van der Waals surface area (Å²) >= 11 is 0. The molecule has 4 atom stereocenters. The first-order chi connectivity index (χ1) is 19.8. The van der Waals surface area contributed by atoms with Gasteiger partial charge in [0.2, 0.25) is 0 Å².